The van der Waals surface area contributed by atoms with Crippen LogP contribution in [0.25, 0.3) is 5.69 Å². The summed E-state index contributed by atoms with van der Waals surface area (Å²) in [6.07, 6.45) is 3.67. The summed E-state index contributed by atoms with van der Waals surface area (Å²) in [7, 11) is 1.81. The van der Waals surface area contributed by atoms with Crippen molar-refractivity contribution in [3.8, 4) is 5.69 Å². The van der Waals surface area contributed by atoms with E-state index in [-0.39, 0.29) is 5.91 Å². The van der Waals surface area contributed by atoms with Gasteiger partial charge < -0.3 is 4.90 Å². The molecule has 0 atom stereocenters. The number of hydrogen-bond acceptors (Lipinski definition) is 5. The van der Waals surface area contributed by atoms with Crippen molar-refractivity contribution in [1.29, 1.82) is 0 Å². The van der Waals surface area contributed by atoms with Gasteiger partial charge in [0, 0.05) is 23.5 Å². The molecule has 0 bridgehead atoms. The lowest BCUT2D eigenvalue weighted by molar-refractivity contribution is -0.127. The van der Waals surface area contributed by atoms with E-state index in [4.69, 9.17) is 11.6 Å². The maximum Gasteiger partial charge on any atom is 0.233 e. The maximum atomic E-state index is 12.5. The predicted molar refractivity (Wildman–Crippen MR) is 112 cm³/mol. The lowest BCUT2D eigenvalue weighted by Crippen LogP contribution is -2.27. The fourth-order valence-electron chi connectivity index (χ4n) is 2.46. The summed E-state index contributed by atoms with van der Waals surface area (Å²) in [6.45, 7) is 0.578. The van der Waals surface area contributed by atoms with Crippen LogP contribution in [-0.4, -0.2) is 44.6 Å². The van der Waals surface area contributed by atoms with E-state index in [1.54, 1.807) is 23.0 Å². The molecule has 5 nitrogen and oxygen atoms in total. The lowest BCUT2D eigenvalue weighted by atomic mass is 10.2. The summed E-state index contributed by atoms with van der Waals surface area (Å²) in [5, 5.41) is 9.37. The third kappa shape index (κ3) is 5.28. The minimum absolute atomic E-state index is 0.0367. The van der Waals surface area contributed by atoms with E-state index in [9.17, 15) is 4.79 Å². The maximum absolute atomic E-state index is 12.5. The molecule has 0 N–H and O–H groups in total. The molecule has 0 aliphatic carbocycles. The van der Waals surface area contributed by atoms with E-state index in [1.807, 2.05) is 42.1 Å². The van der Waals surface area contributed by atoms with Crippen LogP contribution in [0.15, 0.2) is 64.9 Å². The van der Waals surface area contributed by atoms with Crippen LogP contribution in [0.5, 0.6) is 0 Å². The zero-order valence-corrected chi connectivity index (χ0v) is 17.4. The number of halogens is 1. The zero-order valence-electron chi connectivity index (χ0n) is 15.0. The monoisotopic (exact) mass is 418 g/mol. The Morgan fingerprint density at radius 2 is 2.00 bits per heavy atom. The Hall–Kier alpha value is -1.96. The third-order valence-corrected chi connectivity index (χ3v) is 5.84. The summed E-state index contributed by atoms with van der Waals surface area (Å²) in [6, 6.07) is 15.7. The number of carbonyl (C=O) groups is 1. The average molecular weight is 419 g/mol. The molecule has 0 unspecified atom stereocenters. The normalized spacial score (nSPS) is 10.8. The summed E-state index contributed by atoms with van der Waals surface area (Å²) in [4.78, 5) is 15.4. The van der Waals surface area contributed by atoms with Gasteiger partial charge in [-0.2, -0.15) is 0 Å². The van der Waals surface area contributed by atoms with Crippen molar-refractivity contribution in [2.75, 3.05) is 19.1 Å². The first kappa shape index (κ1) is 19.8. The first-order valence-electron chi connectivity index (χ1n) is 8.22. The second kappa shape index (κ2) is 9.30. The third-order valence-electron chi connectivity index (χ3n) is 3.93. The van der Waals surface area contributed by atoms with Gasteiger partial charge in [-0.25, -0.2) is 0 Å². The lowest BCUT2D eigenvalue weighted by Gasteiger charge is -2.17. The molecule has 27 heavy (non-hydrogen) atoms. The first-order valence-corrected chi connectivity index (χ1v) is 10.8. The van der Waals surface area contributed by atoms with E-state index in [0.717, 1.165) is 11.3 Å². The second-order valence-corrected chi connectivity index (χ2v) is 8.11. The molecule has 0 aliphatic heterocycles. The molecule has 1 heterocycles. The van der Waals surface area contributed by atoms with Crippen molar-refractivity contribution >= 4 is 41.0 Å². The average Bonchev–Trinajstić information content (AvgIpc) is 3.15. The van der Waals surface area contributed by atoms with Crippen LogP contribution in [-0.2, 0) is 11.3 Å². The van der Waals surface area contributed by atoms with Gasteiger partial charge in [-0.1, -0.05) is 41.6 Å². The van der Waals surface area contributed by atoms with Gasteiger partial charge in [0.15, 0.2) is 5.16 Å². The smallest absolute Gasteiger partial charge is 0.233 e. The first-order chi connectivity index (χ1) is 13.1. The topological polar surface area (TPSA) is 51.0 Å². The molecule has 1 aromatic heterocycles. The van der Waals surface area contributed by atoms with E-state index in [0.29, 0.717) is 22.5 Å². The number of rotatable bonds is 7. The van der Waals surface area contributed by atoms with Crippen molar-refractivity contribution in [3.05, 3.63) is 65.4 Å². The highest BCUT2D eigenvalue weighted by atomic mass is 35.5. The van der Waals surface area contributed by atoms with Gasteiger partial charge in [0.1, 0.15) is 6.33 Å². The summed E-state index contributed by atoms with van der Waals surface area (Å²) < 4.78 is 1.82. The molecular weight excluding hydrogens is 400 g/mol. The van der Waals surface area contributed by atoms with E-state index < -0.39 is 0 Å². The molecule has 0 radical (unpaired) electrons. The second-order valence-electron chi connectivity index (χ2n) is 5.85. The van der Waals surface area contributed by atoms with Crippen LogP contribution < -0.4 is 0 Å². The number of hydrogen-bond donors (Lipinski definition) is 0. The van der Waals surface area contributed by atoms with E-state index in [2.05, 4.69) is 34.5 Å². The highest BCUT2D eigenvalue weighted by Gasteiger charge is 2.14. The zero-order chi connectivity index (χ0) is 19.2. The van der Waals surface area contributed by atoms with E-state index >= 15 is 0 Å². The minimum Gasteiger partial charge on any atom is -0.341 e. The van der Waals surface area contributed by atoms with Gasteiger partial charge >= 0.3 is 0 Å². The molecular formula is C19H19ClN4OS2. The van der Waals surface area contributed by atoms with Crippen molar-refractivity contribution in [2.24, 2.45) is 0 Å². The number of amides is 1. The van der Waals surface area contributed by atoms with Crippen LogP contribution in [0, 0.1) is 0 Å². The largest absolute Gasteiger partial charge is 0.341 e. The SMILES string of the molecule is CSc1ccc(CN(C)C(=O)CSc2nncn2-c2cccc(Cl)c2)cc1. The predicted octanol–water partition coefficient (Wildman–Crippen LogP) is 4.39. The van der Waals surface area contributed by atoms with Crippen molar-refractivity contribution in [1.82, 2.24) is 19.7 Å². The fraction of sp³-hybridized carbons (Fsp3) is 0.211. The molecule has 3 rings (SSSR count). The Morgan fingerprint density at radius 1 is 1.22 bits per heavy atom. The molecule has 0 fully saturated rings. The Bertz CT molecular complexity index is 914. The molecule has 0 saturated heterocycles. The standard InChI is InChI=1S/C19H19ClN4OS2/c1-23(11-14-6-8-17(26-2)9-7-14)18(25)12-27-19-22-21-13-24(19)16-5-3-4-15(20)10-16/h3-10,13H,11-12H2,1-2H3. The Balaban J connectivity index is 1.60. The van der Waals surface area contributed by atoms with E-state index in [1.165, 1.54) is 16.7 Å². The Kier molecular flexibility index (Phi) is 6.82. The molecule has 0 saturated carbocycles. The number of aromatic nitrogens is 3. The number of carbonyl (C=O) groups excluding carboxylic acids is 1. The molecule has 3 aromatic rings. The molecule has 8 heteroatoms. The highest BCUT2D eigenvalue weighted by Crippen LogP contribution is 2.22. The molecule has 1 amide bonds. The summed E-state index contributed by atoms with van der Waals surface area (Å²) >= 11 is 9.12. The number of benzene rings is 2. The van der Waals surface area contributed by atoms with Gasteiger partial charge in [0.05, 0.1) is 11.4 Å². The Labute approximate surface area is 172 Å². The minimum atomic E-state index is 0.0367. The quantitative estimate of drug-likeness (QED) is 0.532. The molecule has 140 valence electrons. The molecule has 2 aromatic carbocycles. The highest BCUT2D eigenvalue weighted by molar-refractivity contribution is 7.99. The molecule has 0 spiro atoms. The molecule has 0 aliphatic rings. The van der Waals surface area contributed by atoms with Crippen LogP contribution in [0.4, 0.5) is 0 Å². The van der Waals surface area contributed by atoms with Crippen LogP contribution in [0.2, 0.25) is 5.02 Å². The van der Waals surface area contributed by atoms with Crippen LogP contribution in [0.1, 0.15) is 5.56 Å². The summed E-state index contributed by atoms with van der Waals surface area (Å²) in [5.74, 6) is 0.327. The van der Waals surface area contributed by atoms with Gasteiger partial charge in [0.25, 0.3) is 0 Å². The van der Waals surface area contributed by atoms with Gasteiger partial charge in [-0.15, -0.1) is 22.0 Å². The van der Waals surface area contributed by atoms with Crippen LogP contribution >= 0.6 is 35.1 Å². The fourth-order valence-corrected chi connectivity index (χ4v) is 3.92. The Morgan fingerprint density at radius 3 is 2.70 bits per heavy atom. The summed E-state index contributed by atoms with van der Waals surface area (Å²) in [5.41, 5.74) is 1.97. The van der Waals surface area contributed by atoms with Crippen molar-refractivity contribution < 1.29 is 4.79 Å². The number of thioether (sulfide) groups is 2. The van der Waals surface area contributed by atoms with Gasteiger partial charge in [-0.05, 0) is 42.2 Å². The van der Waals surface area contributed by atoms with Gasteiger partial charge in [0.2, 0.25) is 5.91 Å². The van der Waals surface area contributed by atoms with Crippen molar-refractivity contribution in [2.45, 2.75) is 16.6 Å². The number of nitrogens with zero attached hydrogens (tertiary/aromatic N) is 4. The van der Waals surface area contributed by atoms with Crippen LogP contribution in [0.3, 0.4) is 0 Å². The van der Waals surface area contributed by atoms with Crippen molar-refractivity contribution in [3.63, 3.8) is 0 Å². The van der Waals surface area contributed by atoms with Gasteiger partial charge in [-0.3, -0.25) is 9.36 Å².